The first kappa shape index (κ1) is 18.2. The number of thiazole rings is 1. The molecule has 3 rings (SSSR count). The van der Waals surface area contributed by atoms with E-state index in [1.807, 2.05) is 37.3 Å². The Kier molecular flexibility index (Phi) is 5.71. The van der Waals surface area contributed by atoms with Crippen LogP contribution in [0.3, 0.4) is 0 Å². The van der Waals surface area contributed by atoms with Crippen LogP contribution in [0.5, 0.6) is 0 Å². The number of aryl methyl sites for hydroxylation is 1. The molecule has 2 aromatic heterocycles. The fraction of sp³-hybridized carbons (Fsp3) is 0.222. The van der Waals surface area contributed by atoms with Gasteiger partial charge in [0.25, 0.3) is 5.56 Å². The average molecular weight is 384 g/mol. The van der Waals surface area contributed by atoms with E-state index in [0.29, 0.717) is 22.3 Å². The third-order valence-corrected chi connectivity index (χ3v) is 5.47. The number of H-pyrrole nitrogens is 1. The van der Waals surface area contributed by atoms with Gasteiger partial charge in [-0.15, -0.1) is 11.3 Å². The molecule has 6 nitrogen and oxygen atoms in total. The van der Waals surface area contributed by atoms with E-state index < -0.39 is 0 Å². The van der Waals surface area contributed by atoms with Crippen LogP contribution < -0.4 is 5.56 Å². The zero-order chi connectivity index (χ0) is 18.5. The predicted octanol–water partition coefficient (Wildman–Crippen LogP) is 3.92. The van der Waals surface area contributed by atoms with Crippen LogP contribution >= 0.6 is 23.1 Å². The monoisotopic (exact) mass is 384 g/mol. The number of nitrogens with zero attached hydrogens (tertiary/aromatic N) is 3. The van der Waals surface area contributed by atoms with Crippen molar-refractivity contribution in [2.45, 2.75) is 24.9 Å². The molecule has 0 aliphatic carbocycles. The molecule has 0 amide bonds. The van der Waals surface area contributed by atoms with Crippen molar-refractivity contribution in [1.82, 2.24) is 15.0 Å². The number of thioether (sulfide) groups is 1. The minimum atomic E-state index is -0.221. The lowest BCUT2D eigenvalue weighted by Gasteiger charge is -2.04. The number of nitrogens with one attached hydrogen (secondary N) is 1. The standard InChI is InChI=1S/C18H16N4O2S2/c1-2-5-11-8-16(24)22-18(20-11)25-10-14(23)12(9-19)17-21-13-6-3-4-7-15(13)26-17/h3-4,6-8,23H,2,5,10H2,1H3,(H,20,22,24)/b14-12-. The highest BCUT2D eigenvalue weighted by molar-refractivity contribution is 7.99. The van der Waals surface area contributed by atoms with Crippen LogP contribution in [-0.2, 0) is 6.42 Å². The van der Waals surface area contributed by atoms with E-state index in [0.717, 1.165) is 16.6 Å². The SMILES string of the molecule is CCCc1cc(=O)[nH]c(SC/C(O)=C(\C#N)c2nc3ccccc3s2)n1. The van der Waals surface area contributed by atoms with Crippen LogP contribution in [0.2, 0.25) is 0 Å². The highest BCUT2D eigenvalue weighted by Gasteiger charge is 2.14. The van der Waals surface area contributed by atoms with Gasteiger partial charge >= 0.3 is 0 Å². The molecule has 132 valence electrons. The van der Waals surface area contributed by atoms with Gasteiger partial charge in [-0.25, -0.2) is 9.97 Å². The van der Waals surface area contributed by atoms with Crippen molar-refractivity contribution < 1.29 is 5.11 Å². The zero-order valence-corrected chi connectivity index (χ0v) is 15.7. The highest BCUT2D eigenvalue weighted by atomic mass is 32.2. The summed E-state index contributed by atoms with van der Waals surface area (Å²) in [5.74, 6) is 0.0391. The van der Waals surface area contributed by atoms with E-state index in [1.165, 1.54) is 29.2 Å². The zero-order valence-electron chi connectivity index (χ0n) is 14.0. The molecule has 0 atom stereocenters. The lowest BCUT2D eigenvalue weighted by molar-refractivity contribution is 0.420. The number of aliphatic hydroxyl groups is 1. The number of aliphatic hydroxyl groups excluding tert-OH is 1. The number of aromatic amines is 1. The second kappa shape index (κ2) is 8.17. The van der Waals surface area contributed by atoms with E-state index in [2.05, 4.69) is 15.0 Å². The van der Waals surface area contributed by atoms with Gasteiger partial charge in [0.2, 0.25) is 0 Å². The predicted molar refractivity (Wildman–Crippen MR) is 104 cm³/mol. The van der Waals surface area contributed by atoms with E-state index in [1.54, 1.807) is 0 Å². The second-order valence-electron chi connectivity index (χ2n) is 5.50. The number of benzene rings is 1. The van der Waals surface area contributed by atoms with Gasteiger partial charge in [-0.2, -0.15) is 5.26 Å². The van der Waals surface area contributed by atoms with Crippen molar-refractivity contribution in [3.63, 3.8) is 0 Å². The first-order chi connectivity index (χ1) is 12.6. The van der Waals surface area contributed by atoms with E-state index in [4.69, 9.17) is 0 Å². The summed E-state index contributed by atoms with van der Waals surface area (Å²) in [4.78, 5) is 23.1. The van der Waals surface area contributed by atoms with Crippen molar-refractivity contribution >= 4 is 38.9 Å². The molecule has 1 aromatic carbocycles. The molecule has 0 saturated carbocycles. The van der Waals surface area contributed by atoms with Gasteiger partial charge in [0.15, 0.2) is 5.16 Å². The van der Waals surface area contributed by atoms with Crippen molar-refractivity contribution in [2.75, 3.05) is 5.75 Å². The molecule has 0 bridgehead atoms. The van der Waals surface area contributed by atoms with Crippen LogP contribution in [0, 0.1) is 11.3 Å². The molecular formula is C18H16N4O2S2. The number of fused-ring (bicyclic) bond motifs is 1. The summed E-state index contributed by atoms with van der Waals surface area (Å²) in [5, 5.41) is 20.7. The molecule has 2 N–H and O–H groups in total. The summed E-state index contributed by atoms with van der Waals surface area (Å²) >= 11 is 2.54. The number of para-hydroxylation sites is 1. The molecule has 8 heteroatoms. The minimum absolute atomic E-state index is 0.0832. The molecule has 0 spiro atoms. The molecule has 2 heterocycles. The molecule has 0 saturated heterocycles. The molecule has 0 fully saturated rings. The number of nitriles is 1. The van der Waals surface area contributed by atoms with Crippen molar-refractivity contribution in [3.05, 3.63) is 57.1 Å². The lowest BCUT2D eigenvalue weighted by Crippen LogP contribution is -2.10. The third kappa shape index (κ3) is 4.12. The molecular weight excluding hydrogens is 368 g/mol. The Morgan fingerprint density at radius 2 is 2.19 bits per heavy atom. The van der Waals surface area contributed by atoms with Crippen LogP contribution in [0.4, 0.5) is 0 Å². The highest BCUT2D eigenvalue weighted by Crippen LogP contribution is 2.29. The second-order valence-corrected chi connectivity index (χ2v) is 7.50. The molecule has 3 aromatic rings. The maximum absolute atomic E-state index is 11.7. The molecule has 0 aliphatic rings. The fourth-order valence-electron chi connectivity index (χ4n) is 2.36. The number of rotatable bonds is 6. The Balaban J connectivity index is 1.83. The van der Waals surface area contributed by atoms with Crippen molar-refractivity contribution in [1.29, 1.82) is 5.26 Å². The van der Waals surface area contributed by atoms with Crippen LogP contribution in [0.25, 0.3) is 15.8 Å². The first-order valence-corrected chi connectivity index (χ1v) is 9.82. The van der Waals surface area contributed by atoms with Gasteiger partial charge in [0.05, 0.1) is 16.0 Å². The molecule has 26 heavy (non-hydrogen) atoms. The summed E-state index contributed by atoms with van der Waals surface area (Å²) in [6.07, 6.45) is 1.61. The Morgan fingerprint density at radius 1 is 1.38 bits per heavy atom. The van der Waals surface area contributed by atoms with Gasteiger partial charge in [-0.05, 0) is 18.6 Å². The van der Waals surface area contributed by atoms with E-state index in [9.17, 15) is 15.2 Å². The molecule has 0 aliphatic heterocycles. The van der Waals surface area contributed by atoms with Crippen molar-refractivity contribution in [3.8, 4) is 6.07 Å². The van der Waals surface area contributed by atoms with Crippen LogP contribution in [0.1, 0.15) is 24.0 Å². The average Bonchev–Trinajstić information content (AvgIpc) is 3.04. The third-order valence-electron chi connectivity index (χ3n) is 3.53. The Labute approximate surface area is 158 Å². The Morgan fingerprint density at radius 3 is 2.92 bits per heavy atom. The van der Waals surface area contributed by atoms with E-state index >= 15 is 0 Å². The maximum Gasteiger partial charge on any atom is 0.251 e. The van der Waals surface area contributed by atoms with Gasteiger partial charge in [-0.3, -0.25) is 4.79 Å². The van der Waals surface area contributed by atoms with Gasteiger partial charge in [-0.1, -0.05) is 37.2 Å². The van der Waals surface area contributed by atoms with E-state index in [-0.39, 0.29) is 22.6 Å². The maximum atomic E-state index is 11.7. The fourth-order valence-corrected chi connectivity index (χ4v) is 4.11. The largest absolute Gasteiger partial charge is 0.510 e. The lowest BCUT2D eigenvalue weighted by atomic mass is 10.2. The summed E-state index contributed by atoms with van der Waals surface area (Å²) in [7, 11) is 0. The quantitative estimate of drug-likeness (QED) is 0.289. The Hall–Kier alpha value is -2.63. The van der Waals surface area contributed by atoms with Crippen LogP contribution in [0.15, 0.2) is 46.0 Å². The summed E-state index contributed by atoms with van der Waals surface area (Å²) < 4.78 is 0.953. The van der Waals surface area contributed by atoms with Crippen LogP contribution in [-0.4, -0.2) is 25.8 Å². The normalized spacial score (nSPS) is 12.0. The number of aromatic nitrogens is 3. The van der Waals surface area contributed by atoms with Gasteiger partial charge in [0.1, 0.15) is 22.4 Å². The number of hydrogen-bond donors (Lipinski definition) is 2. The van der Waals surface area contributed by atoms with Crippen molar-refractivity contribution in [2.24, 2.45) is 0 Å². The number of hydrogen-bond acceptors (Lipinski definition) is 7. The summed E-state index contributed by atoms with van der Waals surface area (Å²) in [6, 6.07) is 11.1. The summed E-state index contributed by atoms with van der Waals surface area (Å²) in [5.41, 5.74) is 1.43. The molecule has 0 unspecified atom stereocenters. The smallest absolute Gasteiger partial charge is 0.251 e. The topological polar surface area (TPSA) is 103 Å². The van der Waals surface area contributed by atoms with Gasteiger partial charge in [0, 0.05) is 11.8 Å². The Bertz CT molecular complexity index is 1030. The number of allylic oxidation sites excluding steroid dienone is 1. The first-order valence-electron chi connectivity index (χ1n) is 8.02. The molecule has 0 radical (unpaired) electrons. The minimum Gasteiger partial charge on any atom is -0.510 e. The van der Waals surface area contributed by atoms with Gasteiger partial charge < -0.3 is 10.1 Å². The summed E-state index contributed by atoms with van der Waals surface area (Å²) in [6.45, 7) is 2.02.